The zero-order valence-electron chi connectivity index (χ0n) is 10.8. The predicted octanol–water partition coefficient (Wildman–Crippen LogP) is 2.81. The van der Waals surface area contributed by atoms with Crippen molar-refractivity contribution in [3.63, 3.8) is 0 Å². The van der Waals surface area contributed by atoms with Crippen LogP contribution in [0.2, 0.25) is 0 Å². The van der Waals surface area contributed by atoms with Crippen LogP contribution >= 0.6 is 11.3 Å². The summed E-state index contributed by atoms with van der Waals surface area (Å²) in [6, 6.07) is 1.51. The molecule has 2 aromatic rings. The first-order chi connectivity index (χ1) is 9.88. The van der Waals surface area contributed by atoms with E-state index >= 15 is 0 Å². The Morgan fingerprint density at radius 3 is 2.81 bits per heavy atom. The molecule has 0 atom stereocenters. The lowest BCUT2D eigenvalue weighted by Crippen LogP contribution is -2.07. The molecule has 9 heteroatoms. The summed E-state index contributed by atoms with van der Waals surface area (Å²) < 4.78 is 13.8. The summed E-state index contributed by atoms with van der Waals surface area (Å²) >= 11 is 1.37. The maximum absolute atomic E-state index is 13.8. The van der Waals surface area contributed by atoms with Gasteiger partial charge >= 0.3 is 5.97 Å². The van der Waals surface area contributed by atoms with Crippen molar-refractivity contribution in [2.75, 3.05) is 5.32 Å². The Hall–Kier alpha value is -2.55. The number of nitrogens with one attached hydrogen (secondary N) is 1. The van der Waals surface area contributed by atoms with Crippen molar-refractivity contribution >= 4 is 28.7 Å². The fourth-order valence-corrected chi connectivity index (χ4v) is 2.39. The van der Waals surface area contributed by atoms with E-state index in [0.717, 1.165) is 11.8 Å². The van der Waals surface area contributed by atoms with Crippen LogP contribution in [0.1, 0.15) is 21.1 Å². The molecular weight excluding hydrogens is 301 g/mol. The van der Waals surface area contributed by atoms with Crippen LogP contribution in [0, 0.1) is 22.9 Å². The van der Waals surface area contributed by atoms with Crippen molar-refractivity contribution < 1.29 is 19.2 Å². The summed E-state index contributed by atoms with van der Waals surface area (Å²) in [7, 11) is 0. The minimum atomic E-state index is -1.49. The van der Waals surface area contributed by atoms with Crippen LogP contribution in [0.15, 0.2) is 17.5 Å². The van der Waals surface area contributed by atoms with E-state index in [4.69, 9.17) is 5.11 Å². The monoisotopic (exact) mass is 311 g/mol. The molecule has 1 aromatic heterocycles. The van der Waals surface area contributed by atoms with Gasteiger partial charge in [-0.25, -0.2) is 14.2 Å². The number of nitrogens with zero attached hydrogens (tertiary/aromatic N) is 2. The maximum atomic E-state index is 13.8. The Kier molecular flexibility index (Phi) is 4.13. The highest BCUT2D eigenvalue weighted by atomic mass is 32.1. The predicted molar refractivity (Wildman–Crippen MR) is 74.2 cm³/mol. The number of nitro groups is 1. The molecule has 0 unspecified atom stereocenters. The van der Waals surface area contributed by atoms with Crippen LogP contribution in [0.25, 0.3) is 0 Å². The van der Waals surface area contributed by atoms with Gasteiger partial charge in [-0.1, -0.05) is 0 Å². The third-order valence-corrected chi connectivity index (χ3v) is 3.58. The molecule has 2 rings (SSSR count). The van der Waals surface area contributed by atoms with Crippen LogP contribution < -0.4 is 5.32 Å². The van der Waals surface area contributed by atoms with Crippen LogP contribution in [0.3, 0.4) is 0 Å². The average Bonchev–Trinajstić information content (AvgIpc) is 2.82. The summed E-state index contributed by atoms with van der Waals surface area (Å²) in [4.78, 5) is 25.0. The van der Waals surface area contributed by atoms with Gasteiger partial charge in [-0.05, 0) is 13.0 Å². The van der Waals surface area contributed by atoms with Gasteiger partial charge in [0.25, 0.3) is 5.69 Å². The Bertz CT molecular complexity index is 717. The summed E-state index contributed by atoms with van der Waals surface area (Å²) in [6.07, 6.45) is 0. The fraction of sp³-hybridized carbons (Fsp3) is 0.167. The lowest BCUT2D eigenvalue weighted by Gasteiger charge is -2.07. The van der Waals surface area contributed by atoms with E-state index in [0.29, 0.717) is 11.1 Å². The molecular formula is C12H10FN3O4S. The van der Waals surface area contributed by atoms with Gasteiger partial charge in [-0.2, -0.15) is 0 Å². The van der Waals surface area contributed by atoms with Crippen molar-refractivity contribution in [3.05, 3.63) is 49.7 Å². The molecule has 0 aliphatic rings. The second-order valence-electron chi connectivity index (χ2n) is 4.15. The minimum Gasteiger partial charge on any atom is -0.477 e. The van der Waals surface area contributed by atoms with Crippen LogP contribution in [-0.4, -0.2) is 21.0 Å². The first kappa shape index (κ1) is 14.9. The maximum Gasteiger partial charge on any atom is 0.342 e. The number of rotatable bonds is 5. The molecule has 7 nitrogen and oxygen atoms in total. The lowest BCUT2D eigenvalue weighted by atomic mass is 10.1. The summed E-state index contributed by atoms with van der Waals surface area (Å²) in [5.41, 5.74) is -0.645. The molecule has 0 aliphatic carbocycles. The number of aromatic nitrogens is 1. The number of halogens is 1. The first-order valence-electron chi connectivity index (χ1n) is 5.74. The fourth-order valence-electron chi connectivity index (χ4n) is 1.68. The highest BCUT2D eigenvalue weighted by molar-refractivity contribution is 7.09. The number of carbonyl (C=O) groups is 1. The minimum absolute atomic E-state index is 0.120. The van der Waals surface area contributed by atoms with E-state index < -0.39 is 28.0 Å². The van der Waals surface area contributed by atoms with Gasteiger partial charge in [0, 0.05) is 11.1 Å². The molecule has 1 heterocycles. The van der Waals surface area contributed by atoms with E-state index in [1.807, 2.05) is 12.3 Å². The highest BCUT2D eigenvalue weighted by Gasteiger charge is 2.23. The Labute approximate surface area is 122 Å². The number of carboxylic acids is 1. The summed E-state index contributed by atoms with van der Waals surface area (Å²) in [5, 5.41) is 24.9. The third-order valence-electron chi connectivity index (χ3n) is 2.61. The molecule has 2 N–H and O–H groups in total. The van der Waals surface area contributed by atoms with Gasteiger partial charge in [-0.15, -0.1) is 11.3 Å². The SMILES string of the molecule is Cc1csc(CNc2cc(C(=O)O)c([N+](=O)[O-])cc2F)n1. The number of benzene rings is 1. The third kappa shape index (κ3) is 3.31. The van der Waals surface area contributed by atoms with E-state index in [1.54, 1.807) is 0 Å². The number of thiazole rings is 1. The van der Waals surface area contributed by atoms with Crippen molar-refractivity contribution in [1.29, 1.82) is 0 Å². The smallest absolute Gasteiger partial charge is 0.342 e. The van der Waals surface area contributed by atoms with Crippen LogP contribution in [-0.2, 0) is 6.54 Å². The second kappa shape index (κ2) is 5.83. The van der Waals surface area contributed by atoms with Crippen molar-refractivity contribution in [1.82, 2.24) is 4.98 Å². The Morgan fingerprint density at radius 1 is 1.57 bits per heavy atom. The number of aromatic carboxylic acids is 1. The molecule has 0 radical (unpaired) electrons. The van der Waals surface area contributed by atoms with Gasteiger partial charge in [0.15, 0.2) is 5.82 Å². The molecule has 0 saturated carbocycles. The zero-order chi connectivity index (χ0) is 15.6. The molecule has 0 bridgehead atoms. The van der Waals surface area contributed by atoms with Gasteiger partial charge in [0.1, 0.15) is 10.6 Å². The van der Waals surface area contributed by atoms with Crippen LogP contribution in [0.4, 0.5) is 15.8 Å². The van der Waals surface area contributed by atoms with Gasteiger partial charge < -0.3 is 10.4 Å². The molecule has 21 heavy (non-hydrogen) atoms. The summed E-state index contributed by atoms with van der Waals surface area (Å²) in [6.45, 7) is 2.02. The highest BCUT2D eigenvalue weighted by Crippen LogP contribution is 2.26. The number of nitro benzene ring substituents is 1. The first-order valence-corrected chi connectivity index (χ1v) is 6.62. The Balaban J connectivity index is 2.29. The molecule has 0 spiro atoms. The average molecular weight is 311 g/mol. The normalized spacial score (nSPS) is 10.4. The molecule has 0 aliphatic heterocycles. The molecule has 1 aromatic carbocycles. The zero-order valence-corrected chi connectivity index (χ0v) is 11.6. The van der Waals surface area contributed by atoms with Crippen molar-refractivity contribution in [3.8, 4) is 0 Å². The lowest BCUT2D eigenvalue weighted by molar-refractivity contribution is -0.385. The van der Waals surface area contributed by atoms with Gasteiger partial charge in [-0.3, -0.25) is 10.1 Å². The number of hydrogen-bond acceptors (Lipinski definition) is 6. The van der Waals surface area contributed by atoms with Gasteiger partial charge in [0.05, 0.1) is 23.2 Å². The standard InChI is InChI=1S/C12H10FN3O4S/c1-6-5-21-11(15-6)4-14-9-2-7(12(17)18)10(16(19)20)3-8(9)13/h2-3,5,14H,4H2,1H3,(H,17,18). The van der Waals surface area contributed by atoms with Gasteiger partial charge in [0.2, 0.25) is 0 Å². The van der Waals surface area contributed by atoms with Crippen molar-refractivity contribution in [2.45, 2.75) is 13.5 Å². The number of hydrogen-bond donors (Lipinski definition) is 2. The molecule has 0 amide bonds. The van der Waals surface area contributed by atoms with E-state index in [-0.39, 0.29) is 12.2 Å². The largest absolute Gasteiger partial charge is 0.477 e. The number of aryl methyl sites for hydroxylation is 1. The topological polar surface area (TPSA) is 105 Å². The Morgan fingerprint density at radius 2 is 2.29 bits per heavy atom. The van der Waals surface area contributed by atoms with E-state index in [2.05, 4.69) is 10.3 Å². The molecule has 0 fully saturated rings. The second-order valence-corrected chi connectivity index (χ2v) is 5.09. The number of carboxylic acid groups (broad SMARTS) is 1. The quantitative estimate of drug-likeness (QED) is 0.649. The summed E-state index contributed by atoms with van der Waals surface area (Å²) in [5.74, 6) is -2.38. The molecule has 110 valence electrons. The van der Waals surface area contributed by atoms with E-state index in [1.165, 1.54) is 11.3 Å². The van der Waals surface area contributed by atoms with Crippen molar-refractivity contribution in [2.24, 2.45) is 0 Å². The molecule has 0 saturated heterocycles. The van der Waals surface area contributed by atoms with Crippen LogP contribution in [0.5, 0.6) is 0 Å². The number of anilines is 1. The van der Waals surface area contributed by atoms with E-state index in [9.17, 15) is 19.3 Å².